The Morgan fingerprint density at radius 2 is 1.77 bits per heavy atom. The highest BCUT2D eigenvalue weighted by Crippen LogP contribution is 2.26. The van der Waals surface area contributed by atoms with Crippen LogP contribution in [0.1, 0.15) is 32.1 Å². The summed E-state index contributed by atoms with van der Waals surface area (Å²) in [6, 6.07) is 7.40. The summed E-state index contributed by atoms with van der Waals surface area (Å²) in [6.07, 6.45) is 6.34. The second kappa shape index (κ2) is 7.42. The van der Waals surface area contributed by atoms with Crippen LogP contribution in [0.5, 0.6) is 0 Å². The third-order valence-electron chi connectivity index (χ3n) is 5.29. The zero-order chi connectivity index (χ0) is 15.4. The maximum atomic E-state index is 13.3. The molecule has 2 fully saturated rings. The first-order valence-corrected chi connectivity index (χ1v) is 8.69. The molecular formula is C18H28FN3. The van der Waals surface area contributed by atoms with Gasteiger partial charge >= 0.3 is 0 Å². The van der Waals surface area contributed by atoms with Gasteiger partial charge in [0.25, 0.3) is 0 Å². The summed E-state index contributed by atoms with van der Waals surface area (Å²) < 4.78 is 13.3. The number of nitrogens with zero attached hydrogens (tertiary/aromatic N) is 2. The zero-order valence-electron chi connectivity index (χ0n) is 13.4. The van der Waals surface area contributed by atoms with E-state index < -0.39 is 0 Å². The van der Waals surface area contributed by atoms with Crippen LogP contribution in [-0.4, -0.2) is 43.7 Å². The minimum absolute atomic E-state index is 0.143. The van der Waals surface area contributed by atoms with Crippen LogP contribution in [-0.2, 0) is 0 Å². The van der Waals surface area contributed by atoms with E-state index in [9.17, 15) is 4.39 Å². The maximum absolute atomic E-state index is 13.3. The number of rotatable bonds is 4. The fourth-order valence-electron chi connectivity index (χ4n) is 3.74. The topological polar surface area (TPSA) is 32.5 Å². The molecule has 1 aromatic carbocycles. The van der Waals surface area contributed by atoms with E-state index in [0.717, 1.165) is 37.8 Å². The number of piperazine rings is 1. The molecule has 0 radical (unpaired) electrons. The van der Waals surface area contributed by atoms with Crippen molar-refractivity contribution in [2.45, 2.75) is 38.1 Å². The molecule has 2 aliphatic rings. The number of hydrogen-bond acceptors (Lipinski definition) is 3. The van der Waals surface area contributed by atoms with Crippen molar-refractivity contribution in [2.75, 3.05) is 37.6 Å². The van der Waals surface area contributed by atoms with Gasteiger partial charge in [0.15, 0.2) is 0 Å². The Hall–Kier alpha value is -1.13. The minimum Gasteiger partial charge on any atom is -0.369 e. The van der Waals surface area contributed by atoms with E-state index in [4.69, 9.17) is 5.73 Å². The Kier molecular flexibility index (Phi) is 5.32. The highest BCUT2D eigenvalue weighted by molar-refractivity contribution is 5.46. The molecule has 4 heteroatoms. The first-order valence-electron chi connectivity index (χ1n) is 8.69. The lowest BCUT2D eigenvalue weighted by atomic mass is 9.84. The largest absolute Gasteiger partial charge is 0.369 e. The number of halogens is 1. The highest BCUT2D eigenvalue weighted by atomic mass is 19.1. The summed E-state index contributed by atoms with van der Waals surface area (Å²) in [6.45, 7) is 5.38. The summed E-state index contributed by atoms with van der Waals surface area (Å²) in [4.78, 5) is 4.85. The Morgan fingerprint density at radius 3 is 2.45 bits per heavy atom. The van der Waals surface area contributed by atoms with E-state index in [1.165, 1.54) is 44.7 Å². The van der Waals surface area contributed by atoms with Crippen molar-refractivity contribution >= 4 is 5.69 Å². The monoisotopic (exact) mass is 305 g/mol. The van der Waals surface area contributed by atoms with Crippen LogP contribution in [0.3, 0.4) is 0 Å². The summed E-state index contributed by atoms with van der Waals surface area (Å²) in [5.41, 5.74) is 6.99. The summed E-state index contributed by atoms with van der Waals surface area (Å²) in [5.74, 6) is 0.733. The van der Waals surface area contributed by atoms with Crippen molar-refractivity contribution in [2.24, 2.45) is 11.7 Å². The Bertz CT molecular complexity index is 463. The van der Waals surface area contributed by atoms with Gasteiger partial charge in [-0.3, -0.25) is 4.90 Å². The molecule has 0 atom stereocenters. The smallest absolute Gasteiger partial charge is 0.125 e. The van der Waals surface area contributed by atoms with Crippen LogP contribution >= 0.6 is 0 Å². The number of anilines is 1. The van der Waals surface area contributed by atoms with Crippen molar-refractivity contribution in [3.8, 4) is 0 Å². The fraction of sp³-hybridized carbons (Fsp3) is 0.667. The van der Waals surface area contributed by atoms with Gasteiger partial charge in [0.1, 0.15) is 5.82 Å². The molecule has 2 N–H and O–H groups in total. The van der Waals surface area contributed by atoms with Crippen molar-refractivity contribution in [1.82, 2.24) is 4.90 Å². The molecule has 1 aliphatic carbocycles. The summed E-state index contributed by atoms with van der Waals surface area (Å²) in [5, 5.41) is 0. The second-order valence-corrected chi connectivity index (χ2v) is 6.88. The lowest BCUT2D eigenvalue weighted by molar-refractivity contribution is 0.217. The van der Waals surface area contributed by atoms with Crippen LogP contribution in [0.4, 0.5) is 10.1 Å². The van der Waals surface area contributed by atoms with Gasteiger partial charge in [-0.1, -0.05) is 6.07 Å². The van der Waals surface area contributed by atoms with Crippen LogP contribution in [0.15, 0.2) is 24.3 Å². The lowest BCUT2D eigenvalue weighted by Gasteiger charge is -2.37. The van der Waals surface area contributed by atoms with Gasteiger partial charge in [0.05, 0.1) is 0 Å². The predicted octanol–water partition coefficient (Wildman–Crippen LogP) is 2.86. The molecule has 1 saturated heterocycles. The van der Waals surface area contributed by atoms with Crippen molar-refractivity contribution in [3.05, 3.63) is 30.1 Å². The Morgan fingerprint density at radius 1 is 1.05 bits per heavy atom. The van der Waals surface area contributed by atoms with Crippen molar-refractivity contribution < 1.29 is 4.39 Å². The molecule has 122 valence electrons. The van der Waals surface area contributed by atoms with Gasteiger partial charge in [-0.25, -0.2) is 4.39 Å². The van der Waals surface area contributed by atoms with Gasteiger partial charge in [-0.05, 0) is 62.8 Å². The average molecular weight is 305 g/mol. The molecule has 1 aromatic rings. The molecule has 1 saturated carbocycles. The zero-order valence-corrected chi connectivity index (χ0v) is 13.4. The Labute approximate surface area is 133 Å². The van der Waals surface area contributed by atoms with E-state index in [2.05, 4.69) is 9.80 Å². The summed E-state index contributed by atoms with van der Waals surface area (Å²) >= 11 is 0. The SMILES string of the molecule is NC1CCC(CCN2CCN(c3cccc(F)c3)CC2)CC1. The second-order valence-electron chi connectivity index (χ2n) is 6.88. The predicted molar refractivity (Wildman–Crippen MR) is 89.6 cm³/mol. The molecule has 22 heavy (non-hydrogen) atoms. The van der Waals surface area contributed by atoms with Crippen LogP contribution in [0.25, 0.3) is 0 Å². The first kappa shape index (κ1) is 15.8. The van der Waals surface area contributed by atoms with Crippen LogP contribution in [0.2, 0.25) is 0 Å². The number of hydrogen-bond donors (Lipinski definition) is 1. The molecule has 1 aliphatic heterocycles. The van der Waals surface area contributed by atoms with Crippen LogP contribution in [0, 0.1) is 11.7 Å². The third-order valence-corrected chi connectivity index (χ3v) is 5.29. The molecule has 0 amide bonds. The van der Waals surface area contributed by atoms with Gasteiger partial charge < -0.3 is 10.6 Å². The maximum Gasteiger partial charge on any atom is 0.125 e. The minimum atomic E-state index is -0.143. The van der Waals surface area contributed by atoms with Gasteiger partial charge in [0.2, 0.25) is 0 Å². The molecule has 0 aromatic heterocycles. The first-order chi connectivity index (χ1) is 10.7. The Balaban J connectivity index is 1.40. The molecule has 0 bridgehead atoms. The standard InChI is InChI=1S/C18H28FN3/c19-16-2-1-3-18(14-16)22-12-10-21(11-13-22)9-8-15-4-6-17(20)7-5-15/h1-3,14-15,17H,4-13,20H2. The van der Waals surface area contributed by atoms with E-state index in [-0.39, 0.29) is 5.82 Å². The van der Waals surface area contributed by atoms with E-state index in [1.54, 1.807) is 12.1 Å². The molecule has 0 unspecified atom stereocenters. The van der Waals surface area contributed by atoms with Crippen molar-refractivity contribution in [3.63, 3.8) is 0 Å². The molecule has 1 heterocycles. The number of benzene rings is 1. The van der Waals surface area contributed by atoms with Gasteiger partial charge in [-0.2, -0.15) is 0 Å². The van der Waals surface area contributed by atoms with E-state index >= 15 is 0 Å². The van der Waals surface area contributed by atoms with Gasteiger partial charge in [0, 0.05) is 37.9 Å². The summed E-state index contributed by atoms with van der Waals surface area (Å²) in [7, 11) is 0. The molecule has 0 spiro atoms. The van der Waals surface area contributed by atoms with Crippen LogP contribution < -0.4 is 10.6 Å². The highest BCUT2D eigenvalue weighted by Gasteiger charge is 2.21. The third kappa shape index (κ3) is 4.20. The molecule has 3 nitrogen and oxygen atoms in total. The van der Waals surface area contributed by atoms with E-state index in [0.29, 0.717) is 6.04 Å². The molecular weight excluding hydrogens is 277 g/mol. The van der Waals surface area contributed by atoms with Crippen molar-refractivity contribution in [1.29, 1.82) is 0 Å². The average Bonchev–Trinajstić information content (AvgIpc) is 2.55. The quantitative estimate of drug-likeness (QED) is 0.928. The normalized spacial score (nSPS) is 27.1. The lowest BCUT2D eigenvalue weighted by Crippen LogP contribution is -2.47. The number of nitrogens with two attached hydrogens (primary N) is 1. The van der Waals surface area contributed by atoms with Gasteiger partial charge in [-0.15, -0.1) is 0 Å². The van der Waals surface area contributed by atoms with E-state index in [1.807, 2.05) is 6.07 Å². The fourth-order valence-corrected chi connectivity index (χ4v) is 3.74. The molecule has 3 rings (SSSR count).